The van der Waals surface area contributed by atoms with E-state index < -0.39 is 12.1 Å². The number of aromatic nitrogens is 2. The van der Waals surface area contributed by atoms with E-state index in [0.29, 0.717) is 24.7 Å². The molecule has 8 nitrogen and oxygen atoms in total. The average molecular weight is 350 g/mol. The van der Waals surface area contributed by atoms with Gasteiger partial charge in [0.2, 0.25) is 17.7 Å². The van der Waals surface area contributed by atoms with Crippen molar-refractivity contribution in [1.29, 1.82) is 0 Å². The molecule has 2 saturated heterocycles. The number of likely N-dealkylation sites (tertiary alicyclic amines) is 2. The largest absolute Gasteiger partial charge is 0.391 e. The van der Waals surface area contributed by atoms with Crippen molar-refractivity contribution in [2.24, 2.45) is 5.92 Å². The fourth-order valence-corrected chi connectivity index (χ4v) is 3.95. The van der Waals surface area contributed by atoms with Gasteiger partial charge in [0.05, 0.1) is 12.0 Å². The molecule has 3 rings (SSSR count). The minimum atomic E-state index is -0.617. The zero-order valence-corrected chi connectivity index (χ0v) is 15.0. The summed E-state index contributed by atoms with van der Waals surface area (Å²) < 4.78 is 5.21. The number of hydrogen-bond donors (Lipinski definition) is 1. The Morgan fingerprint density at radius 3 is 2.68 bits per heavy atom. The third kappa shape index (κ3) is 3.40. The van der Waals surface area contributed by atoms with Gasteiger partial charge in [-0.05, 0) is 19.8 Å². The van der Waals surface area contributed by atoms with Gasteiger partial charge in [-0.15, -0.1) is 0 Å². The topological polar surface area (TPSA) is 99.8 Å². The van der Waals surface area contributed by atoms with Crippen LogP contribution in [0.3, 0.4) is 0 Å². The van der Waals surface area contributed by atoms with E-state index in [1.165, 1.54) is 0 Å². The lowest BCUT2D eigenvalue weighted by atomic mass is 10.1. The molecule has 2 aliphatic heterocycles. The maximum atomic E-state index is 13.0. The minimum absolute atomic E-state index is 0.0389. The molecule has 0 unspecified atom stereocenters. The number of aliphatic hydroxyl groups excluding tert-OH is 1. The summed E-state index contributed by atoms with van der Waals surface area (Å²) in [5, 5.41) is 13.8. The van der Waals surface area contributed by atoms with E-state index in [4.69, 9.17) is 4.52 Å². The maximum Gasteiger partial charge on any atom is 0.249 e. The lowest BCUT2D eigenvalue weighted by Gasteiger charge is -2.27. The molecule has 2 fully saturated rings. The second-order valence-corrected chi connectivity index (χ2v) is 6.99. The van der Waals surface area contributed by atoms with Crippen LogP contribution in [0.15, 0.2) is 4.52 Å². The van der Waals surface area contributed by atoms with E-state index in [0.717, 1.165) is 12.8 Å². The summed E-state index contributed by atoms with van der Waals surface area (Å²) in [5.41, 5.74) is 0. The Kier molecular flexibility index (Phi) is 5.08. The molecule has 25 heavy (non-hydrogen) atoms. The molecule has 3 heterocycles. The standard InChI is InChI=1S/C17H26N4O4/c1-4-12(5-2)20-8-11(6-15(20)23)17(24)21-9-13(22)7-14(21)16-18-10(3)19-25-16/h11-14,22H,4-9H2,1-3H3/t11-,13-,14+/m0/s1. The highest BCUT2D eigenvalue weighted by Crippen LogP contribution is 2.34. The third-order valence-corrected chi connectivity index (χ3v) is 5.28. The highest BCUT2D eigenvalue weighted by atomic mass is 16.5. The number of nitrogens with zero attached hydrogens (tertiary/aromatic N) is 4. The number of carbonyl (C=O) groups excluding carboxylic acids is 2. The van der Waals surface area contributed by atoms with E-state index in [9.17, 15) is 14.7 Å². The molecule has 2 amide bonds. The van der Waals surface area contributed by atoms with E-state index >= 15 is 0 Å². The first kappa shape index (κ1) is 17.8. The number of β-amino-alcohol motifs (C(OH)–C–C–N with tert-alkyl or cyclic N) is 1. The highest BCUT2D eigenvalue weighted by Gasteiger charge is 2.44. The first-order valence-corrected chi connectivity index (χ1v) is 9.02. The number of hydrogen-bond acceptors (Lipinski definition) is 6. The maximum absolute atomic E-state index is 13.0. The minimum Gasteiger partial charge on any atom is -0.391 e. The molecule has 1 aromatic heterocycles. The average Bonchev–Trinajstić information content (AvgIpc) is 3.27. The number of rotatable bonds is 5. The van der Waals surface area contributed by atoms with Gasteiger partial charge in [-0.25, -0.2) is 0 Å². The number of amides is 2. The van der Waals surface area contributed by atoms with Gasteiger partial charge in [0.1, 0.15) is 6.04 Å². The smallest absolute Gasteiger partial charge is 0.249 e. The highest BCUT2D eigenvalue weighted by molar-refractivity contribution is 5.89. The lowest BCUT2D eigenvalue weighted by molar-refractivity contribution is -0.137. The van der Waals surface area contributed by atoms with Crippen LogP contribution in [0.1, 0.15) is 57.3 Å². The molecule has 3 atom stereocenters. The molecule has 1 aromatic rings. The van der Waals surface area contributed by atoms with Gasteiger partial charge in [0.15, 0.2) is 5.82 Å². The fourth-order valence-electron chi connectivity index (χ4n) is 3.95. The molecule has 0 aliphatic carbocycles. The number of carbonyl (C=O) groups is 2. The molecule has 2 aliphatic rings. The predicted molar refractivity (Wildman–Crippen MR) is 88.3 cm³/mol. The van der Waals surface area contributed by atoms with Crippen molar-refractivity contribution in [1.82, 2.24) is 19.9 Å². The normalized spacial score (nSPS) is 26.9. The molecule has 0 saturated carbocycles. The van der Waals surface area contributed by atoms with Crippen molar-refractivity contribution in [3.63, 3.8) is 0 Å². The Hall–Kier alpha value is -1.96. The second kappa shape index (κ2) is 7.11. The van der Waals surface area contributed by atoms with Crippen LogP contribution in [0.2, 0.25) is 0 Å². The Balaban J connectivity index is 1.74. The van der Waals surface area contributed by atoms with Crippen molar-refractivity contribution in [3.05, 3.63) is 11.7 Å². The predicted octanol–water partition coefficient (Wildman–Crippen LogP) is 1.05. The lowest BCUT2D eigenvalue weighted by Crippen LogP contribution is -2.39. The van der Waals surface area contributed by atoms with Crippen LogP contribution >= 0.6 is 0 Å². The van der Waals surface area contributed by atoms with E-state index in [1.807, 2.05) is 4.90 Å². The van der Waals surface area contributed by atoms with Gasteiger partial charge in [-0.2, -0.15) is 4.98 Å². The summed E-state index contributed by atoms with van der Waals surface area (Å²) in [6.45, 7) is 6.52. The summed E-state index contributed by atoms with van der Waals surface area (Å²) in [5.74, 6) is 0.407. The van der Waals surface area contributed by atoms with Crippen LogP contribution in [0.5, 0.6) is 0 Å². The molecule has 0 radical (unpaired) electrons. The Morgan fingerprint density at radius 1 is 1.36 bits per heavy atom. The molecular weight excluding hydrogens is 324 g/mol. The SMILES string of the molecule is CCC(CC)N1C[C@@H](C(=O)N2C[C@@H](O)C[C@@H]2c2nc(C)no2)CC1=O. The third-order valence-electron chi connectivity index (χ3n) is 5.28. The quantitative estimate of drug-likeness (QED) is 0.852. The van der Waals surface area contributed by atoms with E-state index in [1.54, 1.807) is 11.8 Å². The van der Waals surface area contributed by atoms with Crippen molar-refractivity contribution < 1.29 is 19.2 Å². The van der Waals surface area contributed by atoms with Crippen LogP contribution in [-0.2, 0) is 9.59 Å². The Labute approximate surface area is 147 Å². The Bertz CT molecular complexity index is 642. The first-order valence-electron chi connectivity index (χ1n) is 9.02. The molecule has 138 valence electrons. The van der Waals surface area contributed by atoms with Crippen LogP contribution in [0.4, 0.5) is 0 Å². The van der Waals surface area contributed by atoms with Crippen molar-refractivity contribution >= 4 is 11.8 Å². The molecule has 0 bridgehead atoms. The summed E-state index contributed by atoms with van der Waals surface area (Å²) in [7, 11) is 0. The van der Waals surface area contributed by atoms with Crippen LogP contribution in [-0.4, -0.2) is 62.1 Å². The van der Waals surface area contributed by atoms with Crippen molar-refractivity contribution in [2.45, 2.75) is 64.6 Å². The van der Waals surface area contributed by atoms with E-state index in [-0.39, 0.29) is 36.7 Å². The van der Waals surface area contributed by atoms with Crippen LogP contribution in [0, 0.1) is 12.8 Å². The Morgan fingerprint density at radius 2 is 2.08 bits per heavy atom. The molecule has 0 aromatic carbocycles. The van der Waals surface area contributed by atoms with Crippen LogP contribution in [0.25, 0.3) is 0 Å². The van der Waals surface area contributed by atoms with Gasteiger partial charge in [-0.1, -0.05) is 19.0 Å². The monoisotopic (exact) mass is 350 g/mol. The zero-order valence-electron chi connectivity index (χ0n) is 15.0. The summed E-state index contributed by atoms with van der Waals surface area (Å²) in [6, 6.07) is -0.232. The summed E-state index contributed by atoms with van der Waals surface area (Å²) in [4.78, 5) is 33.0. The molecule has 1 N–H and O–H groups in total. The zero-order chi connectivity index (χ0) is 18.1. The molecule has 0 spiro atoms. The summed E-state index contributed by atoms with van der Waals surface area (Å²) in [6.07, 6.45) is 1.76. The van der Waals surface area contributed by atoms with Crippen LogP contribution < -0.4 is 0 Å². The number of aryl methyl sites for hydroxylation is 1. The van der Waals surface area contributed by atoms with Crippen molar-refractivity contribution in [2.75, 3.05) is 13.1 Å². The van der Waals surface area contributed by atoms with E-state index in [2.05, 4.69) is 24.0 Å². The van der Waals surface area contributed by atoms with Crippen molar-refractivity contribution in [3.8, 4) is 0 Å². The fraction of sp³-hybridized carbons (Fsp3) is 0.765. The van der Waals surface area contributed by atoms with Gasteiger partial charge < -0.3 is 19.4 Å². The van der Waals surface area contributed by atoms with Gasteiger partial charge >= 0.3 is 0 Å². The molecule has 8 heteroatoms. The number of aliphatic hydroxyl groups is 1. The first-order chi connectivity index (χ1) is 11.9. The summed E-state index contributed by atoms with van der Waals surface area (Å²) >= 11 is 0. The molecular formula is C17H26N4O4. The van der Waals surface area contributed by atoms with Gasteiger partial charge in [-0.3, -0.25) is 9.59 Å². The van der Waals surface area contributed by atoms with Gasteiger partial charge in [0, 0.05) is 32.0 Å². The van der Waals surface area contributed by atoms with Gasteiger partial charge in [0.25, 0.3) is 0 Å². The second-order valence-electron chi connectivity index (χ2n) is 6.99.